The third kappa shape index (κ3) is 15.2. The summed E-state index contributed by atoms with van der Waals surface area (Å²) in [5.74, 6) is 0. The van der Waals surface area contributed by atoms with E-state index in [1.807, 2.05) is 0 Å². The monoisotopic (exact) mass is 236 g/mol. The molecule has 0 aliphatic carbocycles. The first-order valence-electron chi connectivity index (χ1n) is 6.99. The van der Waals surface area contributed by atoms with Crippen molar-refractivity contribution in [3.05, 3.63) is 36.5 Å². The molecule has 1 N–H and O–H groups in total. The number of hydrogen-bond acceptors (Lipinski definition) is 1. The second-order valence-electron chi connectivity index (χ2n) is 4.24. The fraction of sp³-hybridized carbons (Fsp3) is 0.625. The summed E-state index contributed by atoms with van der Waals surface area (Å²) in [6.07, 6.45) is 22.4. The number of allylic oxidation sites excluding steroid dienone is 6. The molecule has 1 heteroatoms. The minimum absolute atomic E-state index is 0.342. The van der Waals surface area contributed by atoms with Crippen molar-refractivity contribution in [2.24, 2.45) is 0 Å². The van der Waals surface area contributed by atoms with E-state index in [2.05, 4.69) is 43.4 Å². The summed E-state index contributed by atoms with van der Waals surface area (Å²) in [4.78, 5) is 0. The number of hydrogen-bond donors (Lipinski definition) is 1. The van der Waals surface area contributed by atoms with Gasteiger partial charge in [0.05, 0.1) is 0 Å². The molecule has 0 aromatic rings. The van der Waals surface area contributed by atoms with Gasteiger partial charge in [0, 0.05) is 6.61 Å². The molecule has 0 aromatic heterocycles. The Labute approximate surface area is 107 Å². The predicted octanol–water partition coefficient (Wildman–Crippen LogP) is 4.79. The molecule has 0 spiro atoms. The Morgan fingerprint density at radius 3 is 2.12 bits per heavy atom. The summed E-state index contributed by atoms with van der Waals surface area (Å²) in [6.45, 7) is 2.49. The van der Waals surface area contributed by atoms with Crippen LogP contribution in [0, 0.1) is 0 Å². The fourth-order valence-corrected chi connectivity index (χ4v) is 1.55. The molecule has 0 aromatic carbocycles. The quantitative estimate of drug-likeness (QED) is 0.311. The van der Waals surface area contributed by atoms with Crippen LogP contribution in [0.1, 0.15) is 58.3 Å². The van der Waals surface area contributed by atoms with Crippen molar-refractivity contribution in [2.45, 2.75) is 58.3 Å². The lowest BCUT2D eigenvalue weighted by Crippen LogP contribution is -1.82. The highest BCUT2D eigenvalue weighted by Gasteiger charge is 1.86. The van der Waals surface area contributed by atoms with Crippen LogP contribution in [0.2, 0.25) is 0 Å². The van der Waals surface area contributed by atoms with Crippen molar-refractivity contribution < 1.29 is 5.11 Å². The molecule has 17 heavy (non-hydrogen) atoms. The summed E-state index contributed by atoms with van der Waals surface area (Å²) in [5.41, 5.74) is 0. The maximum atomic E-state index is 8.62. The molecule has 0 heterocycles. The van der Waals surface area contributed by atoms with Crippen molar-refractivity contribution >= 4 is 0 Å². The molecular weight excluding hydrogens is 208 g/mol. The zero-order valence-electron chi connectivity index (χ0n) is 11.3. The van der Waals surface area contributed by atoms with Crippen molar-refractivity contribution in [2.75, 3.05) is 6.61 Å². The fourth-order valence-electron chi connectivity index (χ4n) is 1.55. The van der Waals surface area contributed by atoms with Gasteiger partial charge in [0.25, 0.3) is 0 Å². The second kappa shape index (κ2) is 15.2. The Morgan fingerprint density at radius 1 is 0.706 bits per heavy atom. The summed E-state index contributed by atoms with van der Waals surface area (Å²) in [7, 11) is 0. The summed E-state index contributed by atoms with van der Waals surface area (Å²) in [5, 5.41) is 8.62. The number of aliphatic hydroxyl groups is 1. The van der Waals surface area contributed by atoms with Crippen molar-refractivity contribution in [1.82, 2.24) is 0 Å². The van der Waals surface area contributed by atoms with Gasteiger partial charge in [0.1, 0.15) is 0 Å². The van der Waals surface area contributed by atoms with E-state index in [4.69, 9.17) is 5.11 Å². The highest BCUT2D eigenvalue weighted by atomic mass is 16.2. The number of rotatable bonds is 11. The van der Waals surface area contributed by atoms with Gasteiger partial charge >= 0.3 is 0 Å². The summed E-state index contributed by atoms with van der Waals surface area (Å²) < 4.78 is 0. The first-order valence-corrected chi connectivity index (χ1v) is 6.99. The molecule has 0 atom stereocenters. The highest BCUT2D eigenvalue weighted by molar-refractivity contribution is 5.02. The minimum Gasteiger partial charge on any atom is -0.396 e. The zero-order valence-corrected chi connectivity index (χ0v) is 11.3. The zero-order chi connectivity index (χ0) is 12.6. The van der Waals surface area contributed by atoms with E-state index < -0.39 is 0 Å². The Morgan fingerprint density at radius 2 is 1.35 bits per heavy atom. The van der Waals surface area contributed by atoms with Crippen LogP contribution < -0.4 is 0 Å². The van der Waals surface area contributed by atoms with Crippen molar-refractivity contribution in [1.29, 1.82) is 0 Å². The Bertz CT molecular complexity index is 214. The second-order valence-corrected chi connectivity index (χ2v) is 4.24. The maximum absolute atomic E-state index is 8.62. The largest absolute Gasteiger partial charge is 0.396 e. The van der Waals surface area contributed by atoms with Crippen LogP contribution in [0.4, 0.5) is 0 Å². The maximum Gasteiger partial charge on any atom is 0.0431 e. The van der Waals surface area contributed by atoms with Gasteiger partial charge in [-0.3, -0.25) is 0 Å². The van der Waals surface area contributed by atoms with E-state index in [9.17, 15) is 0 Å². The lowest BCUT2D eigenvalue weighted by atomic mass is 10.1. The van der Waals surface area contributed by atoms with E-state index in [-0.39, 0.29) is 0 Å². The van der Waals surface area contributed by atoms with E-state index >= 15 is 0 Å². The van der Waals surface area contributed by atoms with E-state index in [0.29, 0.717) is 6.61 Å². The standard InChI is InChI=1S/C16H28O/c1-2-3-4-5-6-7-8-9-10-11-12-13-14-15-16-17/h3-6,9-10,17H,2,7-8,11-16H2,1H3/b4-3+,6-5-,10-9-. The Hall–Kier alpha value is -0.820. The lowest BCUT2D eigenvalue weighted by Gasteiger charge is -1.95. The van der Waals surface area contributed by atoms with E-state index in [0.717, 1.165) is 32.1 Å². The molecular formula is C16H28O. The first kappa shape index (κ1) is 16.2. The van der Waals surface area contributed by atoms with Gasteiger partial charge in [0.15, 0.2) is 0 Å². The van der Waals surface area contributed by atoms with Crippen molar-refractivity contribution in [3.63, 3.8) is 0 Å². The summed E-state index contributed by atoms with van der Waals surface area (Å²) in [6, 6.07) is 0. The molecule has 1 nitrogen and oxygen atoms in total. The lowest BCUT2D eigenvalue weighted by molar-refractivity contribution is 0.282. The average molecular weight is 236 g/mol. The molecule has 0 rings (SSSR count). The van der Waals surface area contributed by atoms with E-state index in [1.165, 1.54) is 19.3 Å². The van der Waals surface area contributed by atoms with Gasteiger partial charge in [-0.15, -0.1) is 0 Å². The molecule has 98 valence electrons. The van der Waals surface area contributed by atoms with Gasteiger partial charge in [-0.25, -0.2) is 0 Å². The van der Waals surface area contributed by atoms with Crippen LogP contribution in [0.25, 0.3) is 0 Å². The van der Waals surface area contributed by atoms with Crippen LogP contribution in [-0.4, -0.2) is 11.7 Å². The third-order valence-electron chi connectivity index (χ3n) is 2.56. The number of unbranched alkanes of at least 4 members (excludes halogenated alkanes) is 5. The minimum atomic E-state index is 0.342. The summed E-state index contributed by atoms with van der Waals surface area (Å²) >= 11 is 0. The van der Waals surface area contributed by atoms with E-state index in [1.54, 1.807) is 0 Å². The SMILES string of the molecule is CC/C=C/C=C\CC/C=C\CCCCCCO. The molecule has 0 fully saturated rings. The van der Waals surface area contributed by atoms with Crippen molar-refractivity contribution in [3.8, 4) is 0 Å². The average Bonchev–Trinajstić information content (AvgIpc) is 2.35. The van der Waals surface area contributed by atoms with Crippen LogP contribution in [0.15, 0.2) is 36.5 Å². The molecule has 0 aliphatic rings. The molecule has 0 saturated heterocycles. The molecule has 0 amide bonds. The van der Waals surface area contributed by atoms with Gasteiger partial charge in [0.2, 0.25) is 0 Å². The molecule has 0 aliphatic heterocycles. The van der Waals surface area contributed by atoms with Gasteiger partial charge < -0.3 is 5.11 Å². The van der Waals surface area contributed by atoms with Gasteiger partial charge in [-0.05, 0) is 38.5 Å². The topological polar surface area (TPSA) is 20.2 Å². The molecule has 0 bridgehead atoms. The van der Waals surface area contributed by atoms with Gasteiger partial charge in [-0.1, -0.05) is 56.2 Å². The highest BCUT2D eigenvalue weighted by Crippen LogP contribution is 2.04. The normalized spacial score (nSPS) is 12.4. The Balaban J connectivity index is 3.19. The van der Waals surface area contributed by atoms with Crippen LogP contribution in [-0.2, 0) is 0 Å². The smallest absolute Gasteiger partial charge is 0.0431 e. The first-order chi connectivity index (χ1) is 8.41. The Kier molecular flexibility index (Phi) is 14.4. The molecule has 0 unspecified atom stereocenters. The molecule has 0 radical (unpaired) electrons. The van der Waals surface area contributed by atoms with Gasteiger partial charge in [-0.2, -0.15) is 0 Å². The van der Waals surface area contributed by atoms with Crippen LogP contribution in [0.5, 0.6) is 0 Å². The third-order valence-corrected chi connectivity index (χ3v) is 2.56. The molecule has 0 saturated carbocycles. The van der Waals surface area contributed by atoms with Crippen LogP contribution in [0.3, 0.4) is 0 Å². The number of aliphatic hydroxyl groups excluding tert-OH is 1. The van der Waals surface area contributed by atoms with Crippen LogP contribution >= 0.6 is 0 Å². The predicted molar refractivity (Wildman–Crippen MR) is 77.1 cm³/mol.